The molecule has 1 fully saturated rings. The van der Waals surface area contributed by atoms with Gasteiger partial charge in [-0.3, -0.25) is 9.59 Å². The average Bonchev–Trinajstić information content (AvgIpc) is 2.94. The van der Waals surface area contributed by atoms with Crippen LogP contribution in [0.2, 0.25) is 0 Å². The number of hydrogen-bond acceptors (Lipinski definition) is 6. The van der Waals surface area contributed by atoms with Gasteiger partial charge in [0.2, 0.25) is 5.91 Å². The molecule has 1 unspecified atom stereocenters. The number of rotatable bonds is 3. The van der Waals surface area contributed by atoms with Crippen LogP contribution in [0.15, 0.2) is 0 Å². The quantitative estimate of drug-likeness (QED) is 0.828. The summed E-state index contributed by atoms with van der Waals surface area (Å²) >= 11 is 1.29. The normalized spacial score (nSPS) is 18.1. The van der Waals surface area contributed by atoms with Gasteiger partial charge in [-0.2, -0.15) is 0 Å². The van der Waals surface area contributed by atoms with Crippen molar-refractivity contribution >= 4 is 34.1 Å². The topological polar surface area (TPSA) is 91.6 Å². The summed E-state index contributed by atoms with van der Waals surface area (Å²) in [7, 11) is 3.71. The van der Waals surface area contributed by atoms with Crippen LogP contribution in [0.4, 0.5) is 10.9 Å². The Balaban J connectivity index is 2.07. The van der Waals surface area contributed by atoms with Gasteiger partial charge in [0.1, 0.15) is 10.7 Å². The van der Waals surface area contributed by atoms with Crippen LogP contribution in [0.25, 0.3) is 0 Å². The highest BCUT2D eigenvalue weighted by Crippen LogP contribution is 2.28. The molecular formula is C12H19N5O2S. The molecule has 3 N–H and O–H groups in total. The third-order valence-electron chi connectivity index (χ3n) is 3.10. The lowest BCUT2D eigenvalue weighted by Crippen LogP contribution is -2.37. The van der Waals surface area contributed by atoms with Crippen LogP contribution in [0, 0.1) is 0 Å². The van der Waals surface area contributed by atoms with Crippen molar-refractivity contribution in [2.24, 2.45) is 0 Å². The first kappa shape index (κ1) is 14.6. The zero-order chi connectivity index (χ0) is 14.9. The second-order valence-corrected chi connectivity index (χ2v) is 6.02. The summed E-state index contributed by atoms with van der Waals surface area (Å²) in [5.74, 6) is 0.0872. The van der Waals surface area contributed by atoms with Crippen LogP contribution < -0.4 is 16.0 Å². The summed E-state index contributed by atoms with van der Waals surface area (Å²) in [4.78, 5) is 31.6. The smallest absolute Gasteiger partial charge is 0.267 e. The Morgan fingerprint density at radius 2 is 2.20 bits per heavy atom. The van der Waals surface area contributed by atoms with Gasteiger partial charge in [-0.25, -0.2) is 4.98 Å². The minimum Gasteiger partial charge on any atom is -0.382 e. The maximum Gasteiger partial charge on any atom is 0.267 e. The first-order valence-corrected chi connectivity index (χ1v) is 7.20. The maximum atomic E-state index is 12.4. The molecule has 1 saturated heterocycles. The van der Waals surface area contributed by atoms with Crippen molar-refractivity contribution in [1.29, 1.82) is 0 Å². The van der Waals surface area contributed by atoms with Gasteiger partial charge in [0.25, 0.3) is 5.91 Å². The van der Waals surface area contributed by atoms with E-state index in [0.29, 0.717) is 23.1 Å². The highest BCUT2D eigenvalue weighted by Gasteiger charge is 2.30. The number of nitrogens with one attached hydrogen (secondary N) is 1. The number of hydrogen-bond donors (Lipinski definition) is 2. The van der Waals surface area contributed by atoms with E-state index in [1.165, 1.54) is 18.3 Å². The molecule has 2 amide bonds. The van der Waals surface area contributed by atoms with E-state index in [0.717, 1.165) is 6.42 Å². The number of likely N-dealkylation sites (tertiary alicyclic amines) is 1. The van der Waals surface area contributed by atoms with E-state index < -0.39 is 0 Å². The minimum atomic E-state index is -0.110. The van der Waals surface area contributed by atoms with Gasteiger partial charge < -0.3 is 20.9 Å². The third kappa shape index (κ3) is 3.01. The number of nitrogens with two attached hydrogens (primary N) is 1. The fourth-order valence-electron chi connectivity index (χ4n) is 2.16. The van der Waals surface area contributed by atoms with E-state index in [2.05, 4.69) is 10.3 Å². The molecule has 110 valence electrons. The van der Waals surface area contributed by atoms with E-state index in [9.17, 15) is 9.59 Å². The molecule has 1 aromatic heterocycles. The molecule has 0 saturated carbocycles. The second kappa shape index (κ2) is 5.66. The molecule has 1 atom stereocenters. The molecule has 0 bridgehead atoms. The molecule has 0 radical (unpaired) electrons. The Hall–Kier alpha value is -1.83. The number of nitrogen functional groups attached to an aromatic ring is 1. The molecular weight excluding hydrogens is 278 g/mol. The molecule has 1 aromatic rings. The Kier molecular flexibility index (Phi) is 4.12. The largest absolute Gasteiger partial charge is 0.382 e. The van der Waals surface area contributed by atoms with Gasteiger partial charge in [0.15, 0.2) is 5.13 Å². The van der Waals surface area contributed by atoms with Crippen molar-refractivity contribution in [3.8, 4) is 0 Å². The highest BCUT2D eigenvalue weighted by atomic mass is 32.1. The fraction of sp³-hybridized carbons (Fsp3) is 0.583. The first-order valence-electron chi connectivity index (χ1n) is 6.38. The Bertz CT molecular complexity index is 528. The molecule has 2 rings (SSSR count). The van der Waals surface area contributed by atoms with E-state index in [-0.39, 0.29) is 23.7 Å². The van der Waals surface area contributed by atoms with Gasteiger partial charge >= 0.3 is 0 Å². The first-order chi connectivity index (χ1) is 9.38. The van der Waals surface area contributed by atoms with Crippen LogP contribution in [-0.2, 0) is 4.79 Å². The lowest BCUT2D eigenvalue weighted by molar-refractivity contribution is -0.119. The maximum absolute atomic E-state index is 12.4. The lowest BCUT2D eigenvalue weighted by atomic mass is 10.2. The van der Waals surface area contributed by atoms with Crippen LogP contribution in [0.1, 0.15) is 23.0 Å². The highest BCUT2D eigenvalue weighted by molar-refractivity contribution is 7.18. The summed E-state index contributed by atoms with van der Waals surface area (Å²) in [5.41, 5.74) is 5.82. The number of carbonyl (C=O) groups is 2. The predicted molar refractivity (Wildman–Crippen MR) is 79.0 cm³/mol. The van der Waals surface area contributed by atoms with Crippen molar-refractivity contribution in [1.82, 2.24) is 15.2 Å². The lowest BCUT2D eigenvalue weighted by Gasteiger charge is -2.16. The number of amides is 2. The van der Waals surface area contributed by atoms with Gasteiger partial charge in [-0.1, -0.05) is 11.3 Å². The van der Waals surface area contributed by atoms with Gasteiger partial charge in [-0.05, 0) is 6.42 Å². The van der Waals surface area contributed by atoms with Crippen molar-refractivity contribution in [3.05, 3.63) is 4.88 Å². The molecule has 0 spiro atoms. The number of thiazole rings is 1. The number of anilines is 2. The molecule has 2 heterocycles. The van der Waals surface area contributed by atoms with Crippen LogP contribution >= 0.6 is 11.3 Å². The summed E-state index contributed by atoms with van der Waals surface area (Å²) in [6, 6.07) is 0.0268. The molecule has 1 aliphatic heterocycles. The zero-order valence-corrected chi connectivity index (χ0v) is 12.7. The van der Waals surface area contributed by atoms with Crippen molar-refractivity contribution in [2.45, 2.75) is 19.4 Å². The van der Waals surface area contributed by atoms with E-state index >= 15 is 0 Å². The number of nitrogens with zero attached hydrogens (tertiary/aromatic N) is 3. The molecule has 0 aromatic carbocycles. The van der Waals surface area contributed by atoms with Crippen LogP contribution in [0.3, 0.4) is 0 Å². The fourth-order valence-corrected chi connectivity index (χ4v) is 3.03. The minimum absolute atomic E-state index is 0.0268. The second-order valence-electron chi connectivity index (χ2n) is 5.04. The SMILES string of the molecule is CC(=O)NC1CCN(C(=O)c2sc(N(C)C)nc2N)C1. The average molecular weight is 297 g/mol. The Morgan fingerprint density at radius 1 is 1.50 bits per heavy atom. The molecule has 20 heavy (non-hydrogen) atoms. The van der Waals surface area contributed by atoms with Gasteiger partial charge in [-0.15, -0.1) is 0 Å². The predicted octanol–water partition coefficient (Wildman–Crippen LogP) is 0.142. The van der Waals surface area contributed by atoms with Gasteiger partial charge in [0.05, 0.1) is 0 Å². The zero-order valence-electron chi connectivity index (χ0n) is 11.8. The monoisotopic (exact) mass is 297 g/mol. The van der Waals surface area contributed by atoms with E-state index in [4.69, 9.17) is 5.73 Å². The van der Waals surface area contributed by atoms with E-state index in [1.807, 2.05) is 19.0 Å². The summed E-state index contributed by atoms with van der Waals surface area (Å²) < 4.78 is 0. The number of aromatic nitrogens is 1. The van der Waals surface area contributed by atoms with Crippen molar-refractivity contribution in [3.63, 3.8) is 0 Å². The standard InChI is InChI=1S/C12H19N5O2S/c1-7(18)14-8-4-5-17(6-8)11(19)9-10(13)15-12(20-9)16(2)3/h8H,4-6,13H2,1-3H3,(H,14,18). The summed E-state index contributed by atoms with van der Waals surface area (Å²) in [6.07, 6.45) is 0.768. The summed E-state index contributed by atoms with van der Waals surface area (Å²) in [6.45, 7) is 2.63. The Labute approximate surface area is 121 Å². The Morgan fingerprint density at radius 3 is 2.75 bits per heavy atom. The molecule has 1 aliphatic rings. The van der Waals surface area contributed by atoms with Crippen molar-refractivity contribution < 1.29 is 9.59 Å². The number of carbonyl (C=O) groups excluding carboxylic acids is 2. The third-order valence-corrected chi connectivity index (χ3v) is 4.33. The van der Waals surface area contributed by atoms with E-state index in [1.54, 1.807) is 4.90 Å². The van der Waals surface area contributed by atoms with Gasteiger partial charge in [0, 0.05) is 40.2 Å². The van der Waals surface area contributed by atoms with Crippen molar-refractivity contribution in [2.75, 3.05) is 37.8 Å². The molecule has 8 heteroatoms. The van der Waals surface area contributed by atoms with Crippen LogP contribution in [-0.4, -0.2) is 54.9 Å². The summed E-state index contributed by atoms with van der Waals surface area (Å²) in [5, 5.41) is 3.54. The van der Waals surface area contributed by atoms with Crippen LogP contribution in [0.5, 0.6) is 0 Å². The molecule has 7 nitrogen and oxygen atoms in total. The molecule has 0 aliphatic carbocycles.